The molecule has 1 rings (SSSR count). The minimum absolute atomic E-state index is 0.144. The number of hydrogen-bond acceptors (Lipinski definition) is 2. The number of carbonyl (C=O) groups excluding carboxylic acids is 1. The molecule has 0 aliphatic heterocycles. The summed E-state index contributed by atoms with van der Waals surface area (Å²) in [6.07, 6.45) is -14.4. The van der Waals surface area contributed by atoms with Crippen LogP contribution < -0.4 is 5.32 Å². The molecule has 22 heavy (non-hydrogen) atoms. The van der Waals surface area contributed by atoms with Gasteiger partial charge in [-0.3, -0.25) is 4.79 Å². The lowest BCUT2D eigenvalue weighted by atomic mass is 9.97. The number of hydrogen-bond donors (Lipinski definition) is 2. The van der Waals surface area contributed by atoms with Crippen LogP contribution in [0.4, 0.5) is 32.0 Å². The van der Waals surface area contributed by atoms with Gasteiger partial charge in [0, 0.05) is 5.02 Å². The second kappa shape index (κ2) is 6.13. The van der Waals surface area contributed by atoms with Gasteiger partial charge < -0.3 is 10.4 Å². The monoisotopic (exact) mass is 369 g/mol. The van der Waals surface area contributed by atoms with E-state index in [9.17, 15) is 31.1 Å². The van der Waals surface area contributed by atoms with Gasteiger partial charge in [-0.2, -0.15) is 26.3 Å². The van der Waals surface area contributed by atoms with Crippen molar-refractivity contribution < 1.29 is 36.2 Å². The van der Waals surface area contributed by atoms with Gasteiger partial charge in [-0.1, -0.05) is 23.2 Å². The van der Waals surface area contributed by atoms with E-state index in [0.717, 1.165) is 12.1 Å². The molecule has 0 heterocycles. The lowest BCUT2D eigenvalue weighted by molar-refractivity contribution is -0.366. The van der Waals surface area contributed by atoms with Gasteiger partial charge in [0.15, 0.2) is 0 Å². The first-order chi connectivity index (χ1) is 9.78. The lowest BCUT2D eigenvalue weighted by Crippen LogP contribution is -2.58. The lowest BCUT2D eigenvalue weighted by Gasteiger charge is -2.31. The molecule has 0 aliphatic rings. The number of nitrogens with one attached hydrogen (secondary N) is 1. The van der Waals surface area contributed by atoms with Crippen LogP contribution in [0.3, 0.4) is 0 Å². The third kappa shape index (κ3) is 3.96. The van der Waals surface area contributed by atoms with E-state index in [2.05, 4.69) is 0 Å². The van der Waals surface area contributed by atoms with Gasteiger partial charge in [-0.05, 0) is 18.2 Å². The summed E-state index contributed by atoms with van der Waals surface area (Å²) in [6.45, 7) is 0. The van der Waals surface area contributed by atoms with Crippen molar-refractivity contribution in [3.05, 3.63) is 28.2 Å². The molecule has 1 amide bonds. The Bertz CT molecular complexity index is 559. The summed E-state index contributed by atoms with van der Waals surface area (Å²) < 4.78 is 74.6. The summed E-state index contributed by atoms with van der Waals surface area (Å²) in [4.78, 5) is 11.4. The summed E-state index contributed by atoms with van der Waals surface area (Å²) >= 11 is 11.2. The van der Waals surface area contributed by atoms with E-state index >= 15 is 0 Å². The van der Waals surface area contributed by atoms with Crippen molar-refractivity contribution in [2.45, 2.75) is 24.4 Å². The topological polar surface area (TPSA) is 49.3 Å². The second-order valence-electron chi connectivity index (χ2n) is 4.20. The summed E-state index contributed by atoms with van der Waals surface area (Å²) in [5, 5.41) is 10.6. The standard InChI is InChI=1S/C11H7Cl2F6NO2/c12-5-1-2-7(6(13)3-5)20-8(21)4-9(22,10(14,15)16)11(17,18)19/h1-3,22H,4H2,(H,20,21). The van der Waals surface area contributed by atoms with Gasteiger partial charge >= 0.3 is 12.4 Å². The molecule has 0 atom stereocenters. The van der Waals surface area contributed by atoms with Crippen molar-refractivity contribution in [3.8, 4) is 0 Å². The fraction of sp³-hybridized carbons (Fsp3) is 0.364. The summed E-state index contributed by atoms with van der Waals surface area (Å²) in [5.41, 5.74) is -5.41. The zero-order chi connectivity index (χ0) is 17.3. The first-order valence-electron chi connectivity index (χ1n) is 5.38. The highest BCUT2D eigenvalue weighted by atomic mass is 35.5. The maximum Gasteiger partial charge on any atom is 0.426 e. The third-order valence-corrected chi connectivity index (χ3v) is 3.11. The zero-order valence-corrected chi connectivity index (χ0v) is 11.8. The van der Waals surface area contributed by atoms with Crippen molar-refractivity contribution in [2.24, 2.45) is 0 Å². The van der Waals surface area contributed by atoms with Crippen LogP contribution in [0.2, 0.25) is 10.0 Å². The highest BCUT2D eigenvalue weighted by Crippen LogP contribution is 2.45. The number of carbonyl (C=O) groups is 1. The van der Waals surface area contributed by atoms with Gasteiger partial charge in [0.05, 0.1) is 17.1 Å². The molecule has 0 bridgehead atoms. The maximum absolute atomic E-state index is 12.4. The summed E-state index contributed by atoms with van der Waals surface area (Å²) in [7, 11) is 0. The number of benzene rings is 1. The minimum Gasteiger partial charge on any atom is -0.373 e. The average Bonchev–Trinajstić information content (AvgIpc) is 2.29. The fourth-order valence-corrected chi connectivity index (χ4v) is 1.83. The van der Waals surface area contributed by atoms with Crippen LogP contribution in [-0.2, 0) is 4.79 Å². The number of rotatable bonds is 3. The van der Waals surface area contributed by atoms with E-state index in [1.54, 1.807) is 5.32 Å². The molecule has 2 N–H and O–H groups in total. The van der Waals surface area contributed by atoms with Gasteiger partial charge in [-0.15, -0.1) is 0 Å². The Kier molecular flexibility index (Phi) is 5.26. The molecule has 0 aromatic heterocycles. The Hall–Kier alpha value is -1.19. The predicted molar refractivity (Wildman–Crippen MR) is 66.8 cm³/mol. The Morgan fingerprint density at radius 2 is 1.59 bits per heavy atom. The molecule has 0 fully saturated rings. The normalized spacial score (nSPS) is 13.1. The van der Waals surface area contributed by atoms with Crippen molar-refractivity contribution in [1.29, 1.82) is 0 Å². The highest BCUT2D eigenvalue weighted by Gasteiger charge is 2.71. The third-order valence-electron chi connectivity index (χ3n) is 2.56. The Labute approximate surface area is 129 Å². The number of halogens is 8. The van der Waals surface area contributed by atoms with Crippen LogP contribution in [0.5, 0.6) is 0 Å². The first-order valence-corrected chi connectivity index (χ1v) is 6.14. The van der Waals surface area contributed by atoms with E-state index in [4.69, 9.17) is 28.3 Å². The molecule has 0 aliphatic carbocycles. The van der Waals surface area contributed by atoms with Crippen LogP contribution in [0.25, 0.3) is 0 Å². The Morgan fingerprint density at radius 3 is 2.00 bits per heavy atom. The van der Waals surface area contributed by atoms with Gasteiger partial charge in [0.25, 0.3) is 5.60 Å². The van der Waals surface area contributed by atoms with Crippen LogP contribution in [-0.4, -0.2) is 29.0 Å². The molecule has 1 aromatic carbocycles. The van der Waals surface area contributed by atoms with Crippen molar-refractivity contribution in [1.82, 2.24) is 0 Å². The highest BCUT2D eigenvalue weighted by molar-refractivity contribution is 6.36. The van der Waals surface area contributed by atoms with E-state index < -0.39 is 30.3 Å². The largest absolute Gasteiger partial charge is 0.426 e. The second-order valence-corrected chi connectivity index (χ2v) is 5.05. The fourth-order valence-electron chi connectivity index (χ4n) is 1.38. The molecule has 3 nitrogen and oxygen atoms in total. The molecule has 0 radical (unpaired) electrons. The van der Waals surface area contributed by atoms with Crippen molar-refractivity contribution in [2.75, 3.05) is 5.32 Å². The average molecular weight is 370 g/mol. The number of alkyl halides is 6. The molecule has 124 valence electrons. The molecular weight excluding hydrogens is 363 g/mol. The SMILES string of the molecule is O=C(CC(O)(C(F)(F)F)C(F)(F)F)Nc1ccc(Cl)cc1Cl. The van der Waals surface area contributed by atoms with Crippen LogP contribution in [0.15, 0.2) is 18.2 Å². The Balaban J connectivity index is 2.99. The summed E-state index contributed by atoms with van der Waals surface area (Å²) in [6, 6.07) is 3.42. The molecule has 0 unspecified atom stereocenters. The van der Waals surface area contributed by atoms with Crippen molar-refractivity contribution >= 4 is 34.8 Å². The van der Waals surface area contributed by atoms with E-state index in [1.165, 1.54) is 6.07 Å². The molecular formula is C11H7Cl2F6NO2. The van der Waals surface area contributed by atoms with E-state index in [1.807, 2.05) is 0 Å². The van der Waals surface area contributed by atoms with Crippen LogP contribution >= 0.6 is 23.2 Å². The quantitative estimate of drug-likeness (QED) is 0.785. The summed E-state index contributed by atoms with van der Waals surface area (Å²) in [5.74, 6) is -1.72. The predicted octanol–water partition coefficient (Wildman–Crippen LogP) is 4.18. The number of aliphatic hydroxyl groups is 1. The smallest absolute Gasteiger partial charge is 0.373 e. The number of amides is 1. The Morgan fingerprint density at radius 1 is 1.09 bits per heavy atom. The zero-order valence-electron chi connectivity index (χ0n) is 10.3. The van der Waals surface area contributed by atoms with E-state index in [-0.39, 0.29) is 15.7 Å². The van der Waals surface area contributed by atoms with Gasteiger partial charge in [-0.25, -0.2) is 0 Å². The molecule has 1 aromatic rings. The molecule has 0 saturated heterocycles. The maximum atomic E-state index is 12.4. The first kappa shape index (κ1) is 18.9. The molecule has 11 heteroatoms. The molecule has 0 saturated carbocycles. The van der Waals surface area contributed by atoms with Crippen LogP contribution in [0.1, 0.15) is 6.42 Å². The van der Waals surface area contributed by atoms with Gasteiger partial charge in [0.2, 0.25) is 5.91 Å². The molecule has 0 spiro atoms. The van der Waals surface area contributed by atoms with Crippen LogP contribution in [0, 0.1) is 0 Å². The van der Waals surface area contributed by atoms with Gasteiger partial charge in [0.1, 0.15) is 0 Å². The number of anilines is 1. The minimum atomic E-state index is -6.08. The van der Waals surface area contributed by atoms with Crippen molar-refractivity contribution in [3.63, 3.8) is 0 Å². The van der Waals surface area contributed by atoms with E-state index in [0.29, 0.717) is 0 Å².